The van der Waals surface area contributed by atoms with Gasteiger partial charge in [0.25, 0.3) is 0 Å². The summed E-state index contributed by atoms with van der Waals surface area (Å²) < 4.78 is 25.0. The molecule has 0 aliphatic rings. The zero-order valence-corrected chi connectivity index (χ0v) is 16.5. The van der Waals surface area contributed by atoms with E-state index in [0.29, 0.717) is 6.42 Å². The van der Waals surface area contributed by atoms with Gasteiger partial charge in [-0.15, -0.1) is 0 Å². The summed E-state index contributed by atoms with van der Waals surface area (Å²) in [5.74, 6) is -1.90. The number of ether oxygens (including phenoxy) is 2. The van der Waals surface area contributed by atoms with E-state index in [2.05, 4.69) is 15.0 Å². The average molecular weight is 431 g/mol. The highest BCUT2D eigenvalue weighted by Crippen LogP contribution is 2.39. The fraction of sp³-hybridized carbons (Fsp3) is 0.278. The number of pyridine rings is 1. The number of hydrogen-bond acceptors (Lipinski definition) is 5. The van der Waals surface area contributed by atoms with Crippen molar-refractivity contribution in [3.8, 4) is 22.9 Å². The molecule has 1 amide bonds. The summed E-state index contributed by atoms with van der Waals surface area (Å²) >= 11 is 12.1. The molecule has 0 atom stereocenters. The molecule has 28 heavy (non-hydrogen) atoms. The standard InChI is InChI=1S/C18H17Cl2FN2O5/c1-3-4-7-27-16-11(19)6-5-10(15(16)21)12-8-13(22-9(2)24)14(20)17(23-12)28-18(25)26/h5-6,8H,3-4,7H2,1-2H3,(H,25,26)(H,22,23,24). The molecule has 0 aliphatic carbocycles. The first kappa shape index (κ1) is 21.7. The molecule has 150 valence electrons. The minimum absolute atomic E-state index is 0.0122. The SMILES string of the molecule is CCCCOc1c(Cl)ccc(-c2cc(NC(C)=O)c(Cl)c(OC(=O)O)n2)c1F. The lowest BCUT2D eigenvalue weighted by atomic mass is 10.1. The summed E-state index contributed by atoms with van der Waals surface area (Å²) in [6.45, 7) is 3.47. The van der Waals surface area contributed by atoms with Crippen LogP contribution in [0.25, 0.3) is 11.3 Å². The van der Waals surface area contributed by atoms with Gasteiger partial charge in [-0.3, -0.25) is 4.79 Å². The number of nitrogens with one attached hydrogen (secondary N) is 1. The van der Waals surface area contributed by atoms with Gasteiger partial charge in [-0.1, -0.05) is 36.5 Å². The quantitative estimate of drug-likeness (QED) is 0.451. The minimum atomic E-state index is -1.67. The van der Waals surface area contributed by atoms with Gasteiger partial charge in [-0.25, -0.2) is 14.2 Å². The van der Waals surface area contributed by atoms with Crippen molar-refractivity contribution >= 4 is 41.0 Å². The summed E-state index contributed by atoms with van der Waals surface area (Å²) in [6.07, 6.45) is -0.101. The molecule has 7 nitrogen and oxygen atoms in total. The van der Waals surface area contributed by atoms with Crippen LogP contribution < -0.4 is 14.8 Å². The fourth-order valence-electron chi connectivity index (χ4n) is 2.26. The van der Waals surface area contributed by atoms with Crippen LogP contribution in [0.5, 0.6) is 11.6 Å². The maximum atomic E-state index is 15.0. The molecule has 0 spiro atoms. The number of halogens is 3. The van der Waals surface area contributed by atoms with Crippen LogP contribution >= 0.6 is 23.2 Å². The lowest BCUT2D eigenvalue weighted by Gasteiger charge is -2.14. The molecule has 0 aliphatic heterocycles. The Hall–Kier alpha value is -2.58. The Labute approximate surface area is 170 Å². The smallest absolute Gasteiger partial charge is 0.489 e. The maximum Gasteiger partial charge on any atom is 0.512 e. The molecule has 0 unspecified atom stereocenters. The number of carboxylic acid groups (broad SMARTS) is 1. The summed E-state index contributed by atoms with van der Waals surface area (Å²) in [5, 5.41) is 11.1. The second-order valence-electron chi connectivity index (χ2n) is 5.66. The molecule has 0 bridgehead atoms. The van der Waals surface area contributed by atoms with Crippen molar-refractivity contribution in [3.05, 3.63) is 34.1 Å². The van der Waals surface area contributed by atoms with Crippen LogP contribution in [-0.2, 0) is 4.79 Å². The Morgan fingerprint density at radius 2 is 2.04 bits per heavy atom. The van der Waals surface area contributed by atoms with Gasteiger partial charge < -0.3 is 19.9 Å². The summed E-state index contributed by atoms with van der Waals surface area (Å²) in [4.78, 5) is 26.2. The number of carbonyl (C=O) groups is 2. The number of hydrogen-bond donors (Lipinski definition) is 2. The molecule has 10 heteroatoms. The van der Waals surface area contributed by atoms with Crippen LogP contribution in [0.2, 0.25) is 10.0 Å². The van der Waals surface area contributed by atoms with Crippen LogP contribution in [0.1, 0.15) is 26.7 Å². The van der Waals surface area contributed by atoms with Gasteiger partial charge in [0.15, 0.2) is 11.6 Å². The van der Waals surface area contributed by atoms with E-state index in [1.807, 2.05) is 6.92 Å². The van der Waals surface area contributed by atoms with Gasteiger partial charge >= 0.3 is 6.16 Å². The van der Waals surface area contributed by atoms with Gasteiger partial charge in [-0.05, 0) is 24.6 Å². The zero-order valence-electron chi connectivity index (χ0n) is 15.0. The molecule has 1 heterocycles. The first-order valence-corrected chi connectivity index (χ1v) is 9.00. The molecule has 0 saturated carbocycles. The van der Waals surface area contributed by atoms with E-state index in [-0.39, 0.29) is 39.3 Å². The summed E-state index contributed by atoms with van der Waals surface area (Å²) in [6, 6.07) is 4.07. The van der Waals surface area contributed by atoms with Gasteiger partial charge in [-0.2, -0.15) is 0 Å². The van der Waals surface area contributed by atoms with Crippen molar-refractivity contribution in [2.45, 2.75) is 26.7 Å². The molecule has 2 rings (SSSR count). The third-order valence-corrected chi connectivity index (χ3v) is 4.15. The highest BCUT2D eigenvalue weighted by Gasteiger charge is 2.21. The highest BCUT2D eigenvalue weighted by atomic mass is 35.5. The number of benzene rings is 1. The fourth-order valence-corrected chi connectivity index (χ4v) is 2.64. The highest BCUT2D eigenvalue weighted by molar-refractivity contribution is 6.35. The Balaban J connectivity index is 2.58. The Bertz CT molecular complexity index is 871. The van der Waals surface area contributed by atoms with Gasteiger partial charge in [0.1, 0.15) is 5.02 Å². The van der Waals surface area contributed by atoms with E-state index in [4.69, 9.17) is 33.0 Å². The zero-order chi connectivity index (χ0) is 20.8. The molecular formula is C18H17Cl2FN2O5. The topological polar surface area (TPSA) is 97.8 Å². The third kappa shape index (κ3) is 5.24. The van der Waals surface area contributed by atoms with Gasteiger partial charge in [0.05, 0.1) is 23.0 Å². The monoisotopic (exact) mass is 430 g/mol. The second kappa shape index (κ2) is 9.57. The number of amides is 1. The molecule has 2 aromatic rings. The number of anilines is 1. The predicted molar refractivity (Wildman–Crippen MR) is 103 cm³/mol. The number of carbonyl (C=O) groups excluding carboxylic acids is 1. The predicted octanol–water partition coefficient (Wildman–Crippen LogP) is 5.39. The number of nitrogens with zero attached hydrogens (tertiary/aromatic N) is 1. The van der Waals surface area contributed by atoms with E-state index in [0.717, 1.165) is 6.42 Å². The van der Waals surface area contributed by atoms with E-state index in [1.165, 1.54) is 25.1 Å². The third-order valence-electron chi connectivity index (χ3n) is 3.49. The largest absolute Gasteiger partial charge is 0.512 e. The van der Waals surface area contributed by atoms with Crippen LogP contribution in [0, 0.1) is 5.82 Å². The van der Waals surface area contributed by atoms with Crippen molar-refractivity contribution in [1.82, 2.24) is 4.98 Å². The lowest BCUT2D eigenvalue weighted by molar-refractivity contribution is -0.114. The lowest BCUT2D eigenvalue weighted by Crippen LogP contribution is -2.10. The van der Waals surface area contributed by atoms with E-state index in [1.54, 1.807) is 0 Å². The van der Waals surface area contributed by atoms with Crippen molar-refractivity contribution in [2.24, 2.45) is 0 Å². The maximum absolute atomic E-state index is 15.0. The molecule has 0 radical (unpaired) electrons. The van der Waals surface area contributed by atoms with E-state index < -0.39 is 23.8 Å². The van der Waals surface area contributed by atoms with Crippen molar-refractivity contribution < 1.29 is 28.6 Å². The Morgan fingerprint density at radius 1 is 1.32 bits per heavy atom. The molecule has 0 fully saturated rings. The number of aromatic nitrogens is 1. The average Bonchev–Trinajstić information content (AvgIpc) is 2.60. The first-order chi connectivity index (χ1) is 13.2. The number of unbranched alkanes of at least 4 members (excludes halogenated alkanes) is 1. The second-order valence-corrected chi connectivity index (χ2v) is 6.45. The van der Waals surface area contributed by atoms with E-state index >= 15 is 4.39 Å². The normalized spacial score (nSPS) is 10.5. The Kier molecular flexibility index (Phi) is 7.42. The molecular weight excluding hydrogens is 414 g/mol. The van der Waals surface area contributed by atoms with Gasteiger partial charge in [0.2, 0.25) is 11.8 Å². The van der Waals surface area contributed by atoms with Gasteiger partial charge in [0, 0.05) is 12.5 Å². The molecule has 1 aromatic heterocycles. The Morgan fingerprint density at radius 3 is 2.64 bits per heavy atom. The van der Waals surface area contributed by atoms with Crippen molar-refractivity contribution in [3.63, 3.8) is 0 Å². The van der Waals surface area contributed by atoms with Crippen molar-refractivity contribution in [2.75, 3.05) is 11.9 Å². The van der Waals surface area contributed by atoms with Crippen molar-refractivity contribution in [1.29, 1.82) is 0 Å². The van der Waals surface area contributed by atoms with E-state index in [9.17, 15) is 9.59 Å². The molecule has 1 aromatic carbocycles. The molecule has 0 saturated heterocycles. The van der Waals surface area contributed by atoms with Crippen LogP contribution in [0.15, 0.2) is 18.2 Å². The first-order valence-electron chi connectivity index (χ1n) is 8.24. The van der Waals surface area contributed by atoms with Crippen LogP contribution in [0.4, 0.5) is 14.9 Å². The van der Waals surface area contributed by atoms with Crippen LogP contribution in [0.3, 0.4) is 0 Å². The number of rotatable bonds is 7. The minimum Gasteiger partial charge on any atom is -0.489 e. The summed E-state index contributed by atoms with van der Waals surface area (Å²) in [5.41, 5.74) is -0.0495. The summed E-state index contributed by atoms with van der Waals surface area (Å²) in [7, 11) is 0. The molecule has 2 N–H and O–H groups in total. The van der Waals surface area contributed by atoms with Crippen LogP contribution in [-0.4, -0.2) is 28.8 Å².